The first-order chi connectivity index (χ1) is 9.62. The quantitative estimate of drug-likeness (QED) is 0.912. The van der Waals surface area contributed by atoms with Crippen LogP contribution in [-0.4, -0.2) is 28.6 Å². The van der Waals surface area contributed by atoms with Gasteiger partial charge in [0.25, 0.3) is 0 Å². The van der Waals surface area contributed by atoms with Crippen molar-refractivity contribution in [2.45, 2.75) is 6.92 Å². The van der Waals surface area contributed by atoms with Crippen LogP contribution in [0.15, 0.2) is 18.2 Å². The largest absolute Gasteiger partial charge is 0.464 e. The molecule has 2 aromatic rings. The number of hydrogen-bond donors (Lipinski definition) is 1. The minimum Gasteiger partial charge on any atom is -0.464 e. The molecule has 0 amide bonds. The van der Waals surface area contributed by atoms with Gasteiger partial charge in [-0.1, -0.05) is 23.2 Å². The fourth-order valence-electron chi connectivity index (χ4n) is 1.33. The van der Waals surface area contributed by atoms with Crippen LogP contribution in [0.3, 0.4) is 0 Å². The highest BCUT2D eigenvalue weighted by Gasteiger charge is 2.09. The number of halogens is 2. The van der Waals surface area contributed by atoms with Gasteiger partial charge >= 0.3 is 12.0 Å². The Labute approximate surface area is 126 Å². The molecule has 0 bridgehead atoms. The van der Waals surface area contributed by atoms with Gasteiger partial charge in [0.15, 0.2) is 0 Å². The Kier molecular flexibility index (Phi) is 4.81. The summed E-state index contributed by atoms with van der Waals surface area (Å²) in [4.78, 5) is 12.1. The van der Waals surface area contributed by atoms with Gasteiger partial charge in [0.2, 0.25) is 5.95 Å². The van der Waals surface area contributed by atoms with Crippen molar-refractivity contribution in [2.24, 2.45) is 0 Å². The zero-order valence-corrected chi connectivity index (χ0v) is 12.4. The highest BCUT2D eigenvalue weighted by molar-refractivity contribution is 6.42. The Morgan fingerprint density at radius 1 is 1.10 bits per heavy atom. The smallest absolute Gasteiger partial charge is 0.330 e. The van der Waals surface area contributed by atoms with E-state index in [4.69, 9.17) is 32.7 Å². The van der Waals surface area contributed by atoms with Crippen molar-refractivity contribution in [1.82, 2.24) is 15.0 Å². The van der Waals surface area contributed by atoms with Crippen molar-refractivity contribution < 1.29 is 9.47 Å². The normalized spacial score (nSPS) is 10.2. The second-order valence-electron chi connectivity index (χ2n) is 3.59. The van der Waals surface area contributed by atoms with Gasteiger partial charge in [0.05, 0.1) is 16.7 Å². The molecule has 0 fully saturated rings. The Bertz CT molecular complexity index is 610. The van der Waals surface area contributed by atoms with E-state index in [1.165, 1.54) is 0 Å². The van der Waals surface area contributed by atoms with E-state index in [1.54, 1.807) is 25.2 Å². The van der Waals surface area contributed by atoms with Crippen LogP contribution in [0, 0.1) is 0 Å². The highest BCUT2D eigenvalue weighted by atomic mass is 35.5. The average Bonchev–Trinajstić information content (AvgIpc) is 2.43. The van der Waals surface area contributed by atoms with Crippen molar-refractivity contribution in [3.05, 3.63) is 28.2 Å². The standard InChI is InChI=1S/C12H12Cl2N4O2/c1-3-19-11-16-10(15-2)17-12(18-11)20-7-4-5-8(13)9(14)6-7/h4-6H,3H2,1-2H3,(H,15,16,17,18). The Balaban J connectivity index is 2.27. The molecule has 106 valence electrons. The van der Waals surface area contributed by atoms with Crippen LogP contribution in [0.2, 0.25) is 10.0 Å². The van der Waals surface area contributed by atoms with E-state index in [9.17, 15) is 0 Å². The fourth-order valence-corrected chi connectivity index (χ4v) is 1.62. The number of hydrogen-bond acceptors (Lipinski definition) is 6. The molecule has 0 saturated heterocycles. The van der Waals surface area contributed by atoms with Crippen LogP contribution in [0.4, 0.5) is 5.95 Å². The van der Waals surface area contributed by atoms with E-state index in [0.717, 1.165) is 0 Å². The van der Waals surface area contributed by atoms with Crippen LogP contribution >= 0.6 is 23.2 Å². The van der Waals surface area contributed by atoms with E-state index in [2.05, 4.69) is 20.3 Å². The number of benzene rings is 1. The molecule has 0 aliphatic heterocycles. The molecule has 0 spiro atoms. The summed E-state index contributed by atoms with van der Waals surface area (Å²) in [5.74, 6) is 0.814. The molecule has 6 nitrogen and oxygen atoms in total. The highest BCUT2D eigenvalue weighted by Crippen LogP contribution is 2.28. The van der Waals surface area contributed by atoms with Crippen LogP contribution in [0.5, 0.6) is 17.8 Å². The minimum absolute atomic E-state index is 0.103. The van der Waals surface area contributed by atoms with Crippen molar-refractivity contribution >= 4 is 29.2 Å². The lowest BCUT2D eigenvalue weighted by Gasteiger charge is -2.08. The molecule has 1 aromatic heterocycles. The SMILES string of the molecule is CCOc1nc(NC)nc(Oc2ccc(Cl)c(Cl)c2)n1. The third-order valence-corrected chi connectivity index (χ3v) is 2.93. The second-order valence-corrected chi connectivity index (χ2v) is 4.40. The lowest BCUT2D eigenvalue weighted by atomic mass is 10.3. The predicted octanol–water partition coefficient (Wildman–Crippen LogP) is 3.41. The first-order valence-corrected chi connectivity index (χ1v) is 6.57. The van der Waals surface area contributed by atoms with Gasteiger partial charge in [-0.25, -0.2) is 0 Å². The fraction of sp³-hybridized carbons (Fsp3) is 0.250. The van der Waals surface area contributed by atoms with Crippen molar-refractivity contribution in [3.8, 4) is 17.8 Å². The molecular weight excluding hydrogens is 303 g/mol. The summed E-state index contributed by atoms with van der Waals surface area (Å²) in [6.07, 6.45) is 0. The molecule has 20 heavy (non-hydrogen) atoms. The summed E-state index contributed by atoms with van der Waals surface area (Å²) in [5.41, 5.74) is 0. The number of anilines is 1. The maximum atomic E-state index is 5.92. The summed E-state index contributed by atoms with van der Waals surface area (Å²) in [6, 6.07) is 5.15. The number of nitrogens with zero attached hydrogens (tertiary/aromatic N) is 3. The number of nitrogens with one attached hydrogen (secondary N) is 1. The third-order valence-electron chi connectivity index (χ3n) is 2.19. The monoisotopic (exact) mass is 314 g/mol. The molecular formula is C12H12Cl2N4O2. The van der Waals surface area contributed by atoms with Gasteiger partial charge in [0, 0.05) is 13.1 Å². The Hall–Kier alpha value is -1.79. The van der Waals surface area contributed by atoms with E-state index in [-0.39, 0.29) is 12.0 Å². The Morgan fingerprint density at radius 2 is 1.85 bits per heavy atom. The van der Waals surface area contributed by atoms with Gasteiger partial charge in [-0.3, -0.25) is 0 Å². The van der Waals surface area contributed by atoms with Crippen molar-refractivity contribution in [2.75, 3.05) is 19.0 Å². The molecule has 1 heterocycles. The van der Waals surface area contributed by atoms with Gasteiger partial charge in [-0.05, 0) is 19.1 Å². The lowest BCUT2D eigenvalue weighted by molar-refractivity contribution is 0.304. The zero-order chi connectivity index (χ0) is 14.5. The minimum atomic E-state index is 0.103. The maximum absolute atomic E-state index is 5.92. The van der Waals surface area contributed by atoms with Crippen LogP contribution < -0.4 is 14.8 Å². The topological polar surface area (TPSA) is 69.2 Å². The molecule has 1 aromatic carbocycles. The molecule has 2 rings (SSSR count). The van der Waals surface area contributed by atoms with Crippen molar-refractivity contribution in [3.63, 3.8) is 0 Å². The molecule has 8 heteroatoms. The average molecular weight is 315 g/mol. The first-order valence-electron chi connectivity index (χ1n) is 5.82. The molecule has 0 atom stereocenters. The van der Waals surface area contributed by atoms with Crippen LogP contribution in [0.1, 0.15) is 6.92 Å². The number of aromatic nitrogens is 3. The third kappa shape index (κ3) is 3.61. The van der Waals surface area contributed by atoms with Gasteiger partial charge in [0.1, 0.15) is 5.75 Å². The van der Waals surface area contributed by atoms with Gasteiger partial charge in [-0.15, -0.1) is 4.98 Å². The lowest BCUT2D eigenvalue weighted by Crippen LogP contribution is -2.05. The molecule has 0 unspecified atom stereocenters. The molecule has 0 aliphatic carbocycles. The summed E-state index contributed by atoms with van der Waals surface area (Å²) in [7, 11) is 1.69. The second kappa shape index (κ2) is 6.58. The first kappa shape index (κ1) is 14.6. The number of ether oxygens (including phenoxy) is 2. The summed E-state index contributed by atoms with van der Waals surface area (Å²) < 4.78 is 10.8. The van der Waals surface area contributed by atoms with Gasteiger partial charge in [-0.2, -0.15) is 9.97 Å². The van der Waals surface area contributed by atoms with Crippen LogP contribution in [-0.2, 0) is 0 Å². The van der Waals surface area contributed by atoms with E-state index < -0.39 is 0 Å². The Morgan fingerprint density at radius 3 is 2.50 bits per heavy atom. The van der Waals surface area contributed by atoms with Crippen LogP contribution in [0.25, 0.3) is 0 Å². The van der Waals surface area contributed by atoms with Crippen molar-refractivity contribution in [1.29, 1.82) is 0 Å². The van der Waals surface area contributed by atoms with Gasteiger partial charge < -0.3 is 14.8 Å². The summed E-state index contributed by atoms with van der Waals surface area (Å²) >= 11 is 11.8. The van der Waals surface area contributed by atoms with E-state index in [0.29, 0.717) is 28.3 Å². The summed E-state index contributed by atoms with van der Waals surface area (Å²) in [6.45, 7) is 2.28. The van der Waals surface area contributed by atoms with E-state index in [1.807, 2.05) is 6.92 Å². The maximum Gasteiger partial charge on any atom is 0.330 e. The zero-order valence-electron chi connectivity index (χ0n) is 10.9. The summed E-state index contributed by atoms with van der Waals surface area (Å²) in [5, 5.41) is 3.63. The molecule has 0 radical (unpaired) electrons. The molecule has 0 saturated carbocycles. The molecule has 0 aliphatic rings. The number of rotatable bonds is 5. The van der Waals surface area contributed by atoms with E-state index >= 15 is 0 Å². The molecule has 1 N–H and O–H groups in total. The predicted molar refractivity (Wildman–Crippen MR) is 77.1 cm³/mol.